The molecule has 174 valence electrons. The number of nitrogens with zero attached hydrogens (tertiary/aromatic N) is 4. The number of fused-ring (bicyclic) bond motifs is 1. The van der Waals surface area contributed by atoms with Crippen LogP contribution < -0.4 is 10.2 Å². The number of thiophene rings is 1. The average molecular weight is 480 g/mol. The molecule has 2 aliphatic rings. The number of rotatable bonds is 4. The van der Waals surface area contributed by atoms with Crippen LogP contribution in [0.15, 0.2) is 30.3 Å². The van der Waals surface area contributed by atoms with E-state index < -0.39 is 0 Å². The molecule has 5 rings (SSSR count). The highest BCUT2D eigenvalue weighted by molar-refractivity contribution is 7.80. The summed E-state index contributed by atoms with van der Waals surface area (Å²) in [5.74, 6) is 2.73. The van der Waals surface area contributed by atoms with Gasteiger partial charge in [-0.15, -0.1) is 11.3 Å². The average Bonchev–Trinajstić information content (AvgIpc) is 3.16. The molecule has 3 heterocycles. The Labute approximate surface area is 206 Å². The predicted octanol–water partition coefficient (Wildman–Crippen LogP) is 5.55. The Hall–Kier alpha value is -2.25. The molecule has 0 unspecified atom stereocenters. The molecule has 2 aromatic heterocycles. The maximum Gasteiger partial charge on any atom is 0.169 e. The van der Waals surface area contributed by atoms with Crippen molar-refractivity contribution in [2.24, 2.45) is 0 Å². The summed E-state index contributed by atoms with van der Waals surface area (Å²) >= 11 is 7.53. The lowest BCUT2D eigenvalue weighted by atomic mass is 9.88. The van der Waals surface area contributed by atoms with Gasteiger partial charge >= 0.3 is 0 Å². The van der Waals surface area contributed by atoms with E-state index in [2.05, 4.69) is 53.2 Å². The minimum absolute atomic E-state index is 0.515. The van der Waals surface area contributed by atoms with Gasteiger partial charge in [0.15, 0.2) is 5.11 Å². The monoisotopic (exact) mass is 479 g/mol. The van der Waals surface area contributed by atoms with E-state index in [0.717, 1.165) is 54.3 Å². The molecule has 7 heteroatoms. The van der Waals surface area contributed by atoms with Crippen LogP contribution >= 0.6 is 23.6 Å². The third-order valence-electron chi connectivity index (χ3n) is 7.15. The summed E-state index contributed by atoms with van der Waals surface area (Å²) in [5.41, 5.74) is 2.59. The highest BCUT2D eigenvalue weighted by atomic mass is 32.1. The number of benzene rings is 1. The van der Waals surface area contributed by atoms with E-state index in [9.17, 15) is 0 Å². The van der Waals surface area contributed by atoms with Crippen molar-refractivity contribution in [1.29, 1.82) is 0 Å². The smallest absolute Gasteiger partial charge is 0.169 e. The summed E-state index contributed by atoms with van der Waals surface area (Å²) in [7, 11) is 0. The molecule has 1 aliphatic carbocycles. The SMILES string of the molecule is Cc1sc2nc(C3CCCCC3)nc(N3CCN(C(=S)NCc4ccccc4)CC3)c2c1C. The van der Waals surface area contributed by atoms with E-state index in [1.807, 2.05) is 17.4 Å². The molecule has 1 saturated heterocycles. The summed E-state index contributed by atoms with van der Waals surface area (Å²) in [4.78, 5) is 17.6. The molecule has 1 N–H and O–H groups in total. The van der Waals surface area contributed by atoms with Gasteiger partial charge in [0, 0.05) is 43.5 Å². The number of hydrogen-bond acceptors (Lipinski definition) is 5. The van der Waals surface area contributed by atoms with E-state index in [-0.39, 0.29) is 0 Å². The van der Waals surface area contributed by atoms with Crippen LogP contribution in [0.5, 0.6) is 0 Å². The first-order chi connectivity index (χ1) is 16.1. The van der Waals surface area contributed by atoms with E-state index in [1.54, 1.807) is 0 Å². The lowest BCUT2D eigenvalue weighted by Gasteiger charge is -2.37. The minimum Gasteiger partial charge on any atom is -0.358 e. The van der Waals surface area contributed by atoms with Gasteiger partial charge in [-0.1, -0.05) is 49.6 Å². The first-order valence-electron chi connectivity index (χ1n) is 12.2. The fourth-order valence-corrected chi connectivity index (χ4v) is 6.31. The van der Waals surface area contributed by atoms with Crippen LogP contribution in [0, 0.1) is 13.8 Å². The van der Waals surface area contributed by atoms with Crippen LogP contribution in [0.1, 0.15) is 59.9 Å². The third-order valence-corrected chi connectivity index (χ3v) is 8.65. The molecule has 1 aromatic carbocycles. The summed E-state index contributed by atoms with van der Waals surface area (Å²) in [6.45, 7) is 8.88. The molecule has 0 spiro atoms. The zero-order chi connectivity index (χ0) is 22.8. The zero-order valence-electron chi connectivity index (χ0n) is 19.6. The molecular weight excluding hydrogens is 446 g/mol. The van der Waals surface area contributed by atoms with Gasteiger partial charge in [0.05, 0.1) is 5.39 Å². The molecule has 1 aliphatic heterocycles. The van der Waals surface area contributed by atoms with Gasteiger partial charge in [0.1, 0.15) is 16.5 Å². The molecule has 0 amide bonds. The summed E-state index contributed by atoms with van der Waals surface area (Å²) in [6.07, 6.45) is 6.40. The van der Waals surface area contributed by atoms with Crippen LogP contribution in [0.25, 0.3) is 10.2 Å². The standard InChI is InChI=1S/C26H33N5S2/c1-18-19(2)33-25-22(18)24(28-23(29-25)21-11-7-4-8-12-21)30-13-15-31(16-14-30)26(32)27-17-20-9-5-3-6-10-20/h3,5-6,9-10,21H,4,7-8,11-17H2,1-2H3,(H,27,32). The maximum absolute atomic E-state index is 5.71. The van der Waals surface area contributed by atoms with Gasteiger partial charge < -0.3 is 15.1 Å². The number of piperazine rings is 1. The second kappa shape index (κ2) is 9.94. The zero-order valence-corrected chi connectivity index (χ0v) is 21.3. The Balaban J connectivity index is 1.31. The van der Waals surface area contributed by atoms with Gasteiger partial charge in [0.2, 0.25) is 0 Å². The lowest BCUT2D eigenvalue weighted by Crippen LogP contribution is -2.51. The predicted molar refractivity (Wildman–Crippen MR) is 142 cm³/mol. The van der Waals surface area contributed by atoms with E-state index in [1.165, 1.54) is 53.5 Å². The molecule has 0 atom stereocenters. The summed E-state index contributed by atoms with van der Waals surface area (Å²) in [5, 5.41) is 5.54. The summed E-state index contributed by atoms with van der Waals surface area (Å²) in [6, 6.07) is 10.4. The van der Waals surface area contributed by atoms with Crippen LogP contribution in [0.2, 0.25) is 0 Å². The topological polar surface area (TPSA) is 44.3 Å². The van der Waals surface area contributed by atoms with Crippen molar-refractivity contribution < 1.29 is 0 Å². The van der Waals surface area contributed by atoms with Crippen molar-refractivity contribution in [1.82, 2.24) is 20.2 Å². The summed E-state index contributed by atoms with van der Waals surface area (Å²) < 4.78 is 0. The fourth-order valence-electron chi connectivity index (χ4n) is 5.02. The quantitative estimate of drug-likeness (QED) is 0.495. The van der Waals surface area contributed by atoms with Crippen molar-refractivity contribution in [2.75, 3.05) is 31.1 Å². The molecule has 33 heavy (non-hydrogen) atoms. The fraction of sp³-hybridized carbons (Fsp3) is 0.500. The number of aromatic nitrogens is 2. The minimum atomic E-state index is 0.515. The normalized spacial score (nSPS) is 17.5. The van der Waals surface area contributed by atoms with E-state index in [4.69, 9.17) is 22.2 Å². The van der Waals surface area contributed by atoms with Gasteiger partial charge in [-0.3, -0.25) is 0 Å². The number of hydrogen-bond donors (Lipinski definition) is 1. The number of nitrogens with one attached hydrogen (secondary N) is 1. The highest BCUT2D eigenvalue weighted by Gasteiger charge is 2.26. The van der Waals surface area contributed by atoms with Gasteiger partial charge in [0.25, 0.3) is 0 Å². The molecular formula is C26H33N5S2. The molecule has 0 bridgehead atoms. The molecule has 1 saturated carbocycles. The van der Waals surface area contributed by atoms with Crippen LogP contribution in [-0.2, 0) is 6.54 Å². The van der Waals surface area contributed by atoms with Crippen molar-refractivity contribution in [3.63, 3.8) is 0 Å². The second-order valence-electron chi connectivity index (χ2n) is 9.32. The van der Waals surface area contributed by atoms with Gasteiger partial charge in [-0.2, -0.15) is 0 Å². The molecule has 2 fully saturated rings. The van der Waals surface area contributed by atoms with Crippen molar-refractivity contribution in [2.45, 2.75) is 58.4 Å². The Kier molecular flexibility index (Phi) is 6.79. The second-order valence-corrected chi connectivity index (χ2v) is 10.9. The largest absolute Gasteiger partial charge is 0.358 e. The third kappa shape index (κ3) is 4.85. The Morgan fingerprint density at radius 1 is 1.03 bits per heavy atom. The number of thiocarbonyl (C=S) groups is 1. The van der Waals surface area contributed by atoms with Crippen LogP contribution in [0.4, 0.5) is 5.82 Å². The lowest BCUT2D eigenvalue weighted by molar-refractivity contribution is 0.378. The van der Waals surface area contributed by atoms with Crippen molar-refractivity contribution >= 4 is 44.7 Å². The number of aryl methyl sites for hydroxylation is 2. The molecule has 0 radical (unpaired) electrons. The van der Waals surface area contributed by atoms with Crippen molar-refractivity contribution in [3.05, 3.63) is 52.2 Å². The van der Waals surface area contributed by atoms with E-state index >= 15 is 0 Å². The van der Waals surface area contributed by atoms with E-state index in [0.29, 0.717) is 5.92 Å². The first kappa shape index (κ1) is 22.5. The van der Waals surface area contributed by atoms with Gasteiger partial charge in [-0.05, 0) is 50.0 Å². The molecule has 5 nitrogen and oxygen atoms in total. The van der Waals surface area contributed by atoms with Gasteiger partial charge in [-0.25, -0.2) is 9.97 Å². The maximum atomic E-state index is 5.71. The Morgan fingerprint density at radius 2 is 1.76 bits per heavy atom. The molecule has 3 aromatic rings. The first-order valence-corrected chi connectivity index (χ1v) is 13.4. The Morgan fingerprint density at radius 3 is 2.48 bits per heavy atom. The van der Waals surface area contributed by atoms with Crippen LogP contribution in [-0.4, -0.2) is 46.2 Å². The number of anilines is 1. The highest BCUT2D eigenvalue weighted by Crippen LogP contribution is 2.38. The van der Waals surface area contributed by atoms with Crippen LogP contribution in [0.3, 0.4) is 0 Å². The van der Waals surface area contributed by atoms with Crippen molar-refractivity contribution in [3.8, 4) is 0 Å². The Bertz CT molecular complexity index is 1110.